The van der Waals surface area contributed by atoms with Gasteiger partial charge in [-0.05, 0) is 24.6 Å². The van der Waals surface area contributed by atoms with Crippen LogP contribution in [0.3, 0.4) is 0 Å². The summed E-state index contributed by atoms with van der Waals surface area (Å²) < 4.78 is 0. The van der Waals surface area contributed by atoms with Crippen LogP contribution in [0.5, 0.6) is 0 Å². The first-order valence-electron chi connectivity index (χ1n) is 10.5. The topological polar surface area (TPSA) is 3.24 Å². The van der Waals surface area contributed by atoms with E-state index in [4.69, 9.17) is 0 Å². The summed E-state index contributed by atoms with van der Waals surface area (Å²) in [6, 6.07) is 11.4. The monoisotopic (exact) mass is 330 g/mol. The zero-order valence-electron chi connectivity index (χ0n) is 16.4. The Morgan fingerprint density at radius 2 is 1.08 bits per heavy atom. The van der Waals surface area contributed by atoms with Gasteiger partial charge in [0.2, 0.25) is 0 Å². The normalized spacial score (nSPS) is 10.9. The van der Waals surface area contributed by atoms with Crippen LogP contribution in [0, 0.1) is 6.07 Å². The Labute approximate surface area is 151 Å². The lowest BCUT2D eigenvalue weighted by molar-refractivity contribution is 0.535. The third-order valence-corrected chi connectivity index (χ3v) is 4.99. The molecular weight excluding hydrogens is 290 g/mol. The molecule has 0 unspecified atom stereocenters. The average Bonchev–Trinajstić information content (AvgIpc) is 2.62. The van der Waals surface area contributed by atoms with Gasteiger partial charge in [0, 0.05) is 19.3 Å². The van der Waals surface area contributed by atoms with Crippen LogP contribution in [0.4, 0.5) is 5.69 Å². The lowest BCUT2D eigenvalue weighted by Crippen LogP contribution is -2.18. The van der Waals surface area contributed by atoms with Gasteiger partial charge in [-0.25, -0.2) is 0 Å². The van der Waals surface area contributed by atoms with Crippen molar-refractivity contribution < 1.29 is 0 Å². The molecule has 0 amide bonds. The summed E-state index contributed by atoms with van der Waals surface area (Å²) >= 11 is 0. The summed E-state index contributed by atoms with van der Waals surface area (Å²) in [5, 5.41) is 0. The van der Waals surface area contributed by atoms with Gasteiger partial charge in [0.25, 0.3) is 0 Å². The number of unbranched alkanes of at least 4 members (excludes halogenated alkanes) is 13. The zero-order valence-corrected chi connectivity index (χ0v) is 16.4. The minimum Gasteiger partial charge on any atom is -0.375 e. The first-order chi connectivity index (χ1) is 11.8. The van der Waals surface area contributed by atoms with E-state index in [0.717, 1.165) is 0 Å². The van der Waals surface area contributed by atoms with E-state index in [9.17, 15) is 0 Å². The Balaban J connectivity index is 1.79. The molecule has 1 heteroatoms. The van der Waals surface area contributed by atoms with Crippen molar-refractivity contribution in [3.8, 4) is 0 Å². The van der Waals surface area contributed by atoms with Crippen LogP contribution < -0.4 is 4.90 Å². The Kier molecular flexibility index (Phi) is 13.6. The van der Waals surface area contributed by atoms with Crippen molar-refractivity contribution in [1.29, 1.82) is 0 Å². The molecule has 0 N–H and O–H groups in total. The average molecular weight is 331 g/mol. The van der Waals surface area contributed by atoms with Gasteiger partial charge in [-0.15, -0.1) is 0 Å². The van der Waals surface area contributed by atoms with Crippen molar-refractivity contribution in [3.05, 3.63) is 30.3 Å². The molecule has 0 atom stereocenters. The van der Waals surface area contributed by atoms with Crippen LogP contribution in [0.1, 0.15) is 96.8 Å². The number of anilines is 1. The van der Waals surface area contributed by atoms with Crippen molar-refractivity contribution in [2.45, 2.75) is 96.8 Å². The summed E-state index contributed by atoms with van der Waals surface area (Å²) in [5.74, 6) is 0. The summed E-state index contributed by atoms with van der Waals surface area (Å²) in [5.41, 5.74) is 1.31. The fourth-order valence-electron chi connectivity index (χ4n) is 3.31. The minimum atomic E-state index is 1.17. The third-order valence-electron chi connectivity index (χ3n) is 4.99. The number of benzene rings is 1. The van der Waals surface area contributed by atoms with Crippen molar-refractivity contribution in [2.24, 2.45) is 0 Å². The van der Waals surface area contributed by atoms with E-state index >= 15 is 0 Å². The maximum absolute atomic E-state index is 3.08. The maximum atomic E-state index is 3.08. The van der Waals surface area contributed by atoms with Crippen LogP contribution in [0.25, 0.3) is 0 Å². The molecule has 0 bridgehead atoms. The summed E-state index contributed by atoms with van der Waals surface area (Å²) in [7, 11) is 2.19. The van der Waals surface area contributed by atoms with Crippen molar-refractivity contribution in [1.82, 2.24) is 0 Å². The molecule has 1 nitrogen and oxygen atoms in total. The number of hydrogen-bond donors (Lipinski definition) is 0. The van der Waals surface area contributed by atoms with Gasteiger partial charge < -0.3 is 4.90 Å². The third kappa shape index (κ3) is 11.5. The highest BCUT2D eigenvalue weighted by Crippen LogP contribution is 2.14. The summed E-state index contributed by atoms with van der Waals surface area (Å²) in [4.78, 5) is 2.36. The SMILES string of the molecule is CCCCCCCCCCCCCCCCN(C)c1cc[c]cc1. The van der Waals surface area contributed by atoms with Crippen LogP contribution in [0.15, 0.2) is 24.3 Å². The van der Waals surface area contributed by atoms with Gasteiger partial charge in [0.05, 0.1) is 0 Å². The Hall–Kier alpha value is -0.980. The van der Waals surface area contributed by atoms with E-state index in [1.807, 2.05) is 12.1 Å². The van der Waals surface area contributed by atoms with Gasteiger partial charge in [-0.1, -0.05) is 103 Å². The molecule has 0 aliphatic heterocycles. The number of hydrogen-bond acceptors (Lipinski definition) is 1. The molecule has 0 aliphatic rings. The van der Waals surface area contributed by atoms with E-state index in [-0.39, 0.29) is 0 Å². The molecule has 1 aromatic carbocycles. The Morgan fingerprint density at radius 1 is 0.667 bits per heavy atom. The lowest BCUT2D eigenvalue weighted by atomic mass is 10.0. The van der Waals surface area contributed by atoms with Crippen LogP contribution >= 0.6 is 0 Å². The molecule has 0 saturated heterocycles. The quantitative estimate of drug-likeness (QED) is 0.285. The predicted molar refractivity (Wildman–Crippen MR) is 109 cm³/mol. The number of nitrogens with zero attached hydrogens (tertiary/aromatic N) is 1. The van der Waals surface area contributed by atoms with E-state index in [1.54, 1.807) is 0 Å². The molecule has 0 aromatic heterocycles. The molecular formula is C23H40N. The standard InChI is InChI=1S/C23H40N/c1-3-4-5-6-7-8-9-10-11-12-13-14-15-19-22-24(2)23-20-17-16-18-21-23/h17-18,20-21H,3-15,19,22H2,1-2H3. The van der Waals surface area contributed by atoms with E-state index in [2.05, 4.69) is 37.1 Å². The fourth-order valence-corrected chi connectivity index (χ4v) is 3.31. The maximum Gasteiger partial charge on any atom is 0.0364 e. The highest BCUT2D eigenvalue weighted by atomic mass is 15.1. The first-order valence-corrected chi connectivity index (χ1v) is 10.5. The van der Waals surface area contributed by atoms with Crippen molar-refractivity contribution in [3.63, 3.8) is 0 Å². The van der Waals surface area contributed by atoms with Gasteiger partial charge in [-0.3, -0.25) is 0 Å². The molecule has 137 valence electrons. The highest BCUT2D eigenvalue weighted by molar-refractivity contribution is 5.44. The molecule has 0 aliphatic carbocycles. The Morgan fingerprint density at radius 3 is 1.54 bits per heavy atom. The Bertz CT molecular complexity index is 360. The second-order valence-corrected chi connectivity index (χ2v) is 7.28. The molecule has 1 aromatic rings. The summed E-state index contributed by atoms with van der Waals surface area (Å²) in [6.07, 6.45) is 20.0. The first kappa shape index (κ1) is 21.1. The second-order valence-electron chi connectivity index (χ2n) is 7.28. The van der Waals surface area contributed by atoms with Crippen molar-refractivity contribution in [2.75, 3.05) is 18.5 Å². The second kappa shape index (κ2) is 15.5. The number of rotatable bonds is 16. The van der Waals surface area contributed by atoms with Gasteiger partial charge in [0.15, 0.2) is 0 Å². The molecule has 0 heterocycles. The summed E-state index contributed by atoms with van der Waals surface area (Å²) in [6.45, 7) is 3.46. The molecule has 0 spiro atoms. The van der Waals surface area contributed by atoms with E-state index < -0.39 is 0 Å². The predicted octanol–water partition coefficient (Wildman–Crippen LogP) is 7.40. The highest BCUT2D eigenvalue weighted by Gasteiger charge is 1.99. The molecule has 24 heavy (non-hydrogen) atoms. The van der Waals surface area contributed by atoms with Gasteiger partial charge >= 0.3 is 0 Å². The molecule has 0 fully saturated rings. The lowest BCUT2D eigenvalue weighted by Gasteiger charge is -2.18. The van der Waals surface area contributed by atoms with E-state index in [1.165, 1.54) is 102 Å². The fraction of sp³-hybridized carbons (Fsp3) is 0.739. The minimum absolute atomic E-state index is 1.17. The van der Waals surface area contributed by atoms with Crippen LogP contribution in [0.2, 0.25) is 0 Å². The molecule has 0 saturated carbocycles. The van der Waals surface area contributed by atoms with E-state index in [0.29, 0.717) is 0 Å². The van der Waals surface area contributed by atoms with Crippen molar-refractivity contribution >= 4 is 5.69 Å². The van der Waals surface area contributed by atoms with Crippen LogP contribution in [-0.4, -0.2) is 13.6 Å². The smallest absolute Gasteiger partial charge is 0.0364 e. The largest absolute Gasteiger partial charge is 0.375 e. The van der Waals surface area contributed by atoms with Crippen LogP contribution in [-0.2, 0) is 0 Å². The van der Waals surface area contributed by atoms with Gasteiger partial charge in [-0.2, -0.15) is 0 Å². The molecule has 1 rings (SSSR count). The zero-order chi connectivity index (χ0) is 17.3. The molecule has 1 radical (unpaired) electrons. The van der Waals surface area contributed by atoms with Gasteiger partial charge in [0.1, 0.15) is 0 Å².